The third kappa shape index (κ3) is 5.37. The molecule has 1 atom stereocenters. The lowest BCUT2D eigenvalue weighted by atomic mass is 9.99. The number of fused-ring (bicyclic) bond motifs is 1. The van der Waals surface area contributed by atoms with Gasteiger partial charge in [0, 0.05) is 23.5 Å². The number of aromatic hydroxyl groups is 1. The number of hydrogen-bond donors (Lipinski definition) is 2. The van der Waals surface area contributed by atoms with Crippen molar-refractivity contribution < 1.29 is 27.8 Å². The predicted octanol–water partition coefficient (Wildman–Crippen LogP) is 7.14. The zero-order chi connectivity index (χ0) is 25.7. The van der Waals surface area contributed by atoms with Crippen LogP contribution in [0.5, 0.6) is 5.75 Å². The van der Waals surface area contributed by atoms with Gasteiger partial charge >= 0.3 is 12.1 Å². The number of ether oxygens (including phenoxy) is 1. The van der Waals surface area contributed by atoms with Gasteiger partial charge in [-0.25, -0.2) is 4.79 Å². The van der Waals surface area contributed by atoms with Crippen molar-refractivity contribution in [1.82, 2.24) is 9.47 Å². The normalized spacial score (nSPS) is 14.7. The molecule has 0 radical (unpaired) electrons. The van der Waals surface area contributed by atoms with Crippen LogP contribution in [0.25, 0.3) is 10.9 Å². The molecule has 0 bridgehead atoms. The summed E-state index contributed by atoms with van der Waals surface area (Å²) in [4.78, 5) is 15.2. The maximum atomic E-state index is 13.4. The van der Waals surface area contributed by atoms with E-state index < -0.39 is 23.0 Å². The molecule has 0 aliphatic heterocycles. The van der Waals surface area contributed by atoms with E-state index in [4.69, 9.17) is 17.4 Å². The summed E-state index contributed by atoms with van der Waals surface area (Å²) in [5.41, 5.74) is 1.48. The summed E-state index contributed by atoms with van der Waals surface area (Å²) in [5.74, 6) is -0.592. The van der Waals surface area contributed by atoms with Crippen LogP contribution in [0.15, 0.2) is 34.8 Å². The van der Waals surface area contributed by atoms with Crippen LogP contribution in [0, 0.1) is 0 Å². The smallest absolute Gasteiger partial charge is 0.416 e. The number of phenolic OH excluding ortho intramolecular Hbond substituents is 1. The number of rotatable bonds is 7. The van der Waals surface area contributed by atoms with Gasteiger partial charge in [-0.2, -0.15) is 25.8 Å². The van der Waals surface area contributed by atoms with Gasteiger partial charge in [0.15, 0.2) is 0 Å². The van der Waals surface area contributed by atoms with Gasteiger partial charge in [0.1, 0.15) is 5.75 Å². The van der Waals surface area contributed by atoms with Crippen LogP contribution >= 0.6 is 41.0 Å². The summed E-state index contributed by atoms with van der Waals surface area (Å²) in [7, 11) is 3.69. The molecule has 0 amide bonds. The summed E-state index contributed by atoms with van der Waals surface area (Å²) in [5, 5.41) is 10.6. The number of benzene rings is 2. The van der Waals surface area contributed by atoms with E-state index in [0.29, 0.717) is 38.7 Å². The van der Waals surface area contributed by atoms with Gasteiger partial charge in [-0.05, 0) is 67.5 Å². The molecule has 1 N–H and O–H groups in total. The Labute approximate surface area is 227 Å². The quantitative estimate of drug-likeness (QED) is 0.221. The fourth-order valence-corrected chi connectivity index (χ4v) is 5.31. The molecule has 2 aromatic carbocycles. The van der Waals surface area contributed by atoms with Crippen molar-refractivity contribution in [3.8, 4) is 5.75 Å². The van der Waals surface area contributed by atoms with Crippen LogP contribution in [0.3, 0.4) is 0 Å². The lowest BCUT2D eigenvalue weighted by Crippen LogP contribution is -2.14. The summed E-state index contributed by atoms with van der Waals surface area (Å²) in [6.45, 7) is 2.15. The zero-order valence-corrected chi connectivity index (χ0v) is 23.2. The molecule has 1 fully saturated rings. The molecule has 0 saturated heterocycles. The Bertz CT molecular complexity index is 1290. The summed E-state index contributed by atoms with van der Waals surface area (Å²) < 4.78 is 48.2. The summed E-state index contributed by atoms with van der Waals surface area (Å²) in [6, 6.07) is 6.81. The Morgan fingerprint density at radius 2 is 1.97 bits per heavy atom. The minimum Gasteiger partial charge on any atom is -0.506 e. The van der Waals surface area contributed by atoms with Crippen molar-refractivity contribution in [2.24, 2.45) is 0 Å². The first kappa shape index (κ1) is 28.7. The van der Waals surface area contributed by atoms with E-state index in [1.165, 1.54) is 6.07 Å². The van der Waals surface area contributed by atoms with Crippen molar-refractivity contribution in [1.29, 1.82) is 0 Å². The predicted molar refractivity (Wildman–Crippen MR) is 142 cm³/mol. The van der Waals surface area contributed by atoms with Gasteiger partial charge in [0.2, 0.25) is 0 Å². The lowest BCUT2D eigenvalue weighted by Gasteiger charge is -2.19. The molecule has 1 aliphatic carbocycles. The molecule has 11 heteroatoms. The molecule has 0 spiro atoms. The van der Waals surface area contributed by atoms with Crippen LogP contribution in [-0.4, -0.2) is 41.2 Å². The number of hydrogen-bond acceptors (Lipinski definition) is 5. The van der Waals surface area contributed by atoms with Crippen LogP contribution in [0.1, 0.15) is 63.8 Å². The van der Waals surface area contributed by atoms with Gasteiger partial charge in [-0.15, -0.1) is 12.4 Å². The molecular weight excluding hydrogens is 581 g/mol. The molecule has 1 unspecified atom stereocenters. The van der Waals surface area contributed by atoms with Crippen molar-refractivity contribution in [3.05, 3.63) is 62.8 Å². The number of esters is 1. The number of aromatic nitrogens is 1. The first-order valence-electron chi connectivity index (χ1n) is 11.2. The van der Waals surface area contributed by atoms with Crippen molar-refractivity contribution >= 4 is 57.8 Å². The summed E-state index contributed by atoms with van der Waals surface area (Å²) in [6.07, 6.45) is -2.78. The van der Waals surface area contributed by atoms with Crippen LogP contribution in [-0.2, 0) is 17.5 Å². The Kier molecular flexibility index (Phi) is 8.65. The molecule has 1 saturated carbocycles. The molecule has 5 nitrogen and oxygen atoms in total. The molecule has 1 aromatic heterocycles. The molecule has 196 valence electrons. The minimum absolute atomic E-state index is 0. The Morgan fingerprint density at radius 1 is 1.31 bits per heavy atom. The third-order valence-corrected chi connectivity index (χ3v) is 7.16. The number of halogens is 5. The van der Waals surface area contributed by atoms with Crippen LogP contribution < -0.4 is 0 Å². The Morgan fingerprint density at radius 3 is 2.53 bits per heavy atom. The highest BCUT2D eigenvalue weighted by Gasteiger charge is 2.38. The monoisotopic (exact) mass is 606 g/mol. The molecule has 1 heterocycles. The SMILES string of the molecule is CCOC(=O)c1c(C(S)c2cccc(C(F)(F)F)c2)n(C2CC2)c2cc(Br)c(O)c(CN(C)C)c12.Cl. The van der Waals surface area contributed by atoms with E-state index in [2.05, 4.69) is 15.9 Å². The molecule has 4 rings (SSSR count). The first-order chi connectivity index (χ1) is 16.5. The van der Waals surface area contributed by atoms with Gasteiger partial charge in [-0.1, -0.05) is 18.2 Å². The lowest BCUT2D eigenvalue weighted by molar-refractivity contribution is -0.137. The molecular formula is C25H27BrClF3N2O3S. The number of phenols is 1. The number of thiol groups is 1. The average Bonchev–Trinajstić information content (AvgIpc) is 3.57. The fraction of sp³-hybridized carbons (Fsp3) is 0.400. The van der Waals surface area contributed by atoms with E-state index in [9.17, 15) is 23.1 Å². The van der Waals surface area contributed by atoms with Gasteiger partial charge in [0.25, 0.3) is 0 Å². The van der Waals surface area contributed by atoms with Crippen molar-refractivity contribution in [2.75, 3.05) is 20.7 Å². The standard InChI is InChI=1S/C25H26BrF3N2O3S.ClH/c1-4-34-24(33)20-19-16(12-30(2)3)22(32)17(26)11-18(19)31(15-8-9-15)21(20)23(35)13-6-5-7-14(10-13)25(27,28)29;/h5-7,10-11,15,23,32,35H,4,8-9,12H2,1-3H3;1H. The van der Waals surface area contributed by atoms with Gasteiger partial charge in [-0.3, -0.25) is 0 Å². The molecule has 3 aromatic rings. The topological polar surface area (TPSA) is 54.7 Å². The van der Waals surface area contributed by atoms with Crippen molar-refractivity contribution in [3.63, 3.8) is 0 Å². The van der Waals surface area contributed by atoms with E-state index in [0.717, 1.165) is 25.0 Å². The highest BCUT2D eigenvalue weighted by molar-refractivity contribution is 9.10. The number of nitrogens with zero attached hydrogens (tertiary/aromatic N) is 2. The maximum Gasteiger partial charge on any atom is 0.416 e. The summed E-state index contributed by atoms with van der Waals surface area (Å²) >= 11 is 8.20. The Balaban J connectivity index is 0.00000361. The second kappa shape index (κ2) is 10.8. The number of carbonyl (C=O) groups excluding carboxylic acids is 1. The zero-order valence-electron chi connectivity index (χ0n) is 19.9. The average molecular weight is 608 g/mol. The Hall–Kier alpha value is -1.88. The second-order valence-electron chi connectivity index (χ2n) is 8.93. The van der Waals surface area contributed by atoms with E-state index in [1.54, 1.807) is 19.1 Å². The fourth-order valence-electron chi connectivity index (χ4n) is 4.44. The van der Waals surface area contributed by atoms with Crippen LogP contribution in [0.2, 0.25) is 0 Å². The van der Waals surface area contributed by atoms with Gasteiger partial charge < -0.3 is 19.3 Å². The van der Waals surface area contributed by atoms with E-state index in [1.807, 2.05) is 23.6 Å². The highest BCUT2D eigenvalue weighted by atomic mass is 79.9. The third-order valence-electron chi connectivity index (χ3n) is 6.01. The largest absolute Gasteiger partial charge is 0.506 e. The second-order valence-corrected chi connectivity index (χ2v) is 10.3. The number of alkyl halides is 3. The highest BCUT2D eigenvalue weighted by Crippen LogP contribution is 2.49. The molecule has 36 heavy (non-hydrogen) atoms. The minimum atomic E-state index is -4.51. The number of carbonyl (C=O) groups is 1. The van der Waals surface area contributed by atoms with E-state index >= 15 is 0 Å². The maximum absolute atomic E-state index is 13.4. The van der Waals surface area contributed by atoms with Crippen molar-refractivity contribution in [2.45, 2.75) is 43.8 Å². The van der Waals surface area contributed by atoms with Crippen LogP contribution in [0.4, 0.5) is 13.2 Å². The van der Waals surface area contributed by atoms with E-state index in [-0.39, 0.29) is 36.4 Å². The first-order valence-corrected chi connectivity index (χ1v) is 12.5. The molecule has 1 aliphatic rings. The van der Waals surface area contributed by atoms with Gasteiger partial charge in [0.05, 0.1) is 38.7 Å².